The van der Waals surface area contributed by atoms with Gasteiger partial charge in [-0.1, -0.05) is 40.5 Å². The minimum Gasteiger partial charge on any atom is -0.484 e. The van der Waals surface area contributed by atoms with Gasteiger partial charge in [0.05, 0.1) is 6.04 Å². The van der Waals surface area contributed by atoms with E-state index >= 15 is 0 Å². The van der Waals surface area contributed by atoms with E-state index in [0.717, 1.165) is 30.6 Å². The molecule has 6 nitrogen and oxygen atoms in total. The number of hydrogen-bond acceptors (Lipinski definition) is 5. The molecule has 0 saturated carbocycles. The van der Waals surface area contributed by atoms with Crippen molar-refractivity contribution in [2.45, 2.75) is 45.8 Å². The fourth-order valence-electron chi connectivity index (χ4n) is 3.63. The number of nitrogens with zero attached hydrogens (tertiary/aromatic N) is 3. The second-order valence-electron chi connectivity index (χ2n) is 7.53. The minimum atomic E-state index is -0.173. The highest BCUT2D eigenvalue weighted by molar-refractivity contribution is 5.94. The molecule has 1 aliphatic rings. The first-order chi connectivity index (χ1) is 14.1. The number of piperidine rings is 1. The normalized spacial score (nSPS) is 16.6. The average Bonchev–Trinajstić information content (AvgIpc) is 3.22. The largest absolute Gasteiger partial charge is 0.484 e. The van der Waals surface area contributed by atoms with Crippen LogP contribution in [-0.4, -0.2) is 27.5 Å². The van der Waals surface area contributed by atoms with Crippen LogP contribution in [0, 0.1) is 13.8 Å². The number of carbonyl (C=O) groups excluding carboxylic acids is 1. The number of rotatable bonds is 5. The summed E-state index contributed by atoms with van der Waals surface area (Å²) in [6.45, 7) is 4.92. The van der Waals surface area contributed by atoms with Crippen LogP contribution in [-0.2, 0) is 6.61 Å². The van der Waals surface area contributed by atoms with Gasteiger partial charge >= 0.3 is 0 Å². The molecule has 2 aromatic carbocycles. The predicted octanol–water partition coefficient (Wildman–Crippen LogP) is 4.63. The van der Waals surface area contributed by atoms with Crippen LogP contribution >= 0.6 is 0 Å². The Morgan fingerprint density at radius 1 is 1.14 bits per heavy atom. The van der Waals surface area contributed by atoms with Crippen molar-refractivity contribution in [2.75, 3.05) is 6.54 Å². The summed E-state index contributed by atoms with van der Waals surface area (Å²) >= 11 is 0. The summed E-state index contributed by atoms with van der Waals surface area (Å²) in [6, 6.07) is 15.3. The van der Waals surface area contributed by atoms with E-state index in [9.17, 15) is 4.79 Å². The van der Waals surface area contributed by atoms with Crippen LogP contribution in [0.25, 0.3) is 0 Å². The zero-order valence-electron chi connectivity index (χ0n) is 16.8. The molecule has 2 heterocycles. The molecule has 1 saturated heterocycles. The van der Waals surface area contributed by atoms with E-state index in [1.165, 1.54) is 5.56 Å². The molecule has 1 amide bonds. The molecule has 150 valence electrons. The van der Waals surface area contributed by atoms with Crippen LogP contribution < -0.4 is 4.74 Å². The van der Waals surface area contributed by atoms with Crippen molar-refractivity contribution in [3.63, 3.8) is 0 Å². The van der Waals surface area contributed by atoms with Crippen molar-refractivity contribution in [3.8, 4) is 5.75 Å². The van der Waals surface area contributed by atoms with Crippen LogP contribution in [0.4, 0.5) is 0 Å². The number of amides is 1. The first kappa shape index (κ1) is 19.2. The molecule has 29 heavy (non-hydrogen) atoms. The standard InChI is InChI=1S/C23H25N3O3/c1-16-9-11-19(12-10-16)28-15-21-24-22(25-29-21)20-8-3-4-13-26(20)23(27)18-7-5-6-17(2)14-18/h5-7,9-12,14,20H,3-4,8,13,15H2,1-2H3. The van der Waals surface area contributed by atoms with Crippen molar-refractivity contribution in [1.82, 2.24) is 15.0 Å². The molecular weight excluding hydrogens is 366 g/mol. The van der Waals surface area contributed by atoms with E-state index in [4.69, 9.17) is 9.26 Å². The van der Waals surface area contributed by atoms with Gasteiger partial charge in [0.1, 0.15) is 5.75 Å². The van der Waals surface area contributed by atoms with Crippen LogP contribution in [0.5, 0.6) is 5.75 Å². The van der Waals surface area contributed by atoms with Gasteiger partial charge in [-0.05, 0) is 57.4 Å². The molecule has 1 aliphatic heterocycles. The fourth-order valence-corrected chi connectivity index (χ4v) is 3.63. The van der Waals surface area contributed by atoms with Crippen molar-refractivity contribution in [1.29, 1.82) is 0 Å². The van der Waals surface area contributed by atoms with Crippen molar-refractivity contribution in [3.05, 3.63) is 76.9 Å². The number of aromatic nitrogens is 2. The summed E-state index contributed by atoms with van der Waals surface area (Å²) in [7, 11) is 0. The van der Waals surface area contributed by atoms with Gasteiger partial charge in [0.25, 0.3) is 11.8 Å². The van der Waals surface area contributed by atoms with Crippen molar-refractivity contribution >= 4 is 5.91 Å². The maximum absolute atomic E-state index is 13.1. The van der Waals surface area contributed by atoms with Gasteiger partial charge in [0.2, 0.25) is 0 Å². The fraction of sp³-hybridized carbons (Fsp3) is 0.348. The van der Waals surface area contributed by atoms with E-state index in [1.807, 2.05) is 67.3 Å². The van der Waals surface area contributed by atoms with Gasteiger partial charge in [-0.25, -0.2) is 0 Å². The van der Waals surface area contributed by atoms with E-state index in [0.29, 0.717) is 23.8 Å². The van der Waals surface area contributed by atoms with Gasteiger partial charge < -0.3 is 14.2 Å². The van der Waals surface area contributed by atoms with Gasteiger partial charge in [-0.2, -0.15) is 4.98 Å². The highest BCUT2D eigenvalue weighted by atomic mass is 16.5. The first-order valence-electron chi connectivity index (χ1n) is 10.00. The second-order valence-corrected chi connectivity index (χ2v) is 7.53. The third-order valence-corrected chi connectivity index (χ3v) is 5.19. The van der Waals surface area contributed by atoms with Crippen LogP contribution in [0.1, 0.15) is 58.5 Å². The molecule has 0 N–H and O–H groups in total. The average molecular weight is 391 g/mol. The quantitative estimate of drug-likeness (QED) is 0.634. The summed E-state index contributed by atoms with van der Waals surface area (Å²) in [5.74, 6) is 1.73. The lowest BCUT2D eigenvalue weighted by Crippen LogP contribution is -2.39. The number of ether oxygens (including phenoxy) is 1. The smallest absolute Gasteiger partial charge is 0.264 e. The molecule has 0 radical (unpaired) electrons. The Morgan fingerprint density at radius 2 is 1.97 bits per heavy atom. The Balaban J connectivity index is 1.47. The Kier molecular flexibility index (Phi) is 5.60. The summed E-state index contributed by atoms with van der Waals surface area (Å²) in [5.41, 5.74) is 2.94. The Morgan fingerprint density at radius 3 is 2.76 bits per heavy atom. The summed E-state index contributed by atoms with van der Waals surface area (Å²) < 4.78 is 11.1. The van der Waals surface area contributed by atoms with Gasteiger partial charge in [-0.15, -0.1) is 0 Å². The zero-order valence-corrected chi connectivity index (χ0v) is 16.8. The highest BCUT2D eigenvalue weighted by Crippen LogP contribution is 2.30. The van der Waals surface area contributed by atoms with Crippen LogP contribution in [0.2, 0.25) is 0 Å². The number of carbonyl (C=O) groups is 1. The Hall–Kier alpha value is -3.15. The van der Waals surface area contributed by atoms with Crippen molar-refractivity contribution < 1.29 is 14.1 Å². The van der Waals surface area contributed by atoms with E-state index in [1.54, 1.807) is 0 Å². The number of likely N-dealkylation sites (tertiary alicyclic amines) is 1. The molecular formula is C23H25N3O3. The first-order valence-corrected chi connectivity index (χ1v) is 10.00. The monoisotopic (exact) mass is 391 g/mol. The molecule has 6 heteroatoms. The van der Waals surface area contributed by atoms with Gasteiger partial charge in [0, 0.05) is 12.1 Å². The molecule has 3 aromatic rings. The molecule has 1 atom stereocenters. The molecule has 1 unspecified atom stereocenters. The summed E-state index contributed by atoms with van der Waals surface area (Å²) in [6.07, 6.45) is 2.84. The maximum atomic E-state index is 13.1. The van der Waals surface area contributed by atoms with Gasteiger partial charge in [-0.3, -0.25) is 4.79 Å². The lowest BCUT2D eigenvalue weighted by molar-refractivity contribution is 0.0596. The summed E-state index contributed by atoms with van der Waals surface area (Å²) in [4.78, 5) is 19.5. The third kappa shape index (κ3) is 4.47. The van der Waals surface area contributed by atoms with Crippen molar-refractivity contribution in [2.24, 2.45) is 0 Å². The number of benzene rings is 2. The SMILES string of the molecule is Cc1ccc(OCc2nc(C3CCCCN3C(=O)c3cccc(C)c3)no2)cc1. The highest BCUT2D eigenvalue weighted by Gasteiger charge is 2.32. The summed E-state index contributed by atoms with van der Waals surface area (Å²) in [5, 5.41) is 4.15. The molecule has 1 fully saturated rings. The minimum absolute atomic E-state index is 0.0145. The topological polar surface area (TPSA) is 68.5 Å². The Bertz CT molecular complexity index is 981. The molecule has 0 spiro atoms. The van der Waals surface area contributed by atoms with Crippen LogP contribution in [0.3, 0.4) is 0 Å². The Labute approximate surface area is 170 Å². The lowest BCUT2D eigenvalue weighted by Gasteiger charge is -2.33. The molecule has 0 aliphatic carbocycles. The molecule has 0 bridgehead atoms. The number of aryl methyl sites for hydroxylation is 2. The van der Waals surface area contributed by atoms with Crippen LogP contribution in [0.15, 0.2) is 53.1 Å². The number of hydrogen-bond donors (Lipinski definition) is 0. The second kappa shape index (κ2) is 8.47. The third-order valence-electron chi connectivity index (χ3n) is 5.19. The van der Waals surface area contributed by atoms with E-state index in [2.05, 4.69) is 10.1 Å². The predicted molar refractivity (Wildman–Crippen MR) is 109 cm³/mol. The van der Waals surface area contributed by atoms with Gasteiger partial charge in [0.15, 0.2) is 12.4 Å². The van der Waals surface area contributed by atoms with E-state index in [-0.39, 0.29) is 18.6 Å². The zero-order chi connectivity index (χ0) is 20.2. The van der Waals surface area contributed by atoms with E-state index < -0.39 is 0 Å². The maximum Gasteiger partial charge on any atom is 0.264 e. The lowest BCUT2D eigenvalue weighted by atomic mass is 10.00. The molecule has 4 rings (SSSR count). The molecule has 1 aromatic heterocycles.